The molecule has 0 bridgehead atoms. The maximum Gasteiger partial charge on any atom is 0.353 e. The Labute approximate surface area is 196 Å². The van der Waals surface area contributed by atoms with Crippen LogP contribution in [0.1, 0.15) is 13.2 Å². The average Bonchev–Trinajstić information content (AvgIpc) is 3.42. The van der Waals surface area contributed by atoms with Crippen molar-refractivity contribution in [3.05, 3.63) is 35.2 Å². The van der Waals surface area contributed by atoms with Gasteiger partial charge in [-0.15, -0.1) is 11.8 Å². The quantitative estimate of drug-likeness (QED) is 0.334. The van der Waals surface area contributed by atoms with Crippen molar-refractivity contribution in [3.8, 4) is 0 Å². The van der Waals surface area contributed by atoms with Crippen LogP contribution >= 0.6 is 19.4 Å². The van der Waals surface area contributed by atoms with E-state index in [9.17, 15) is 18.6 Å². The van der Waals surface area contributed by atoms with Gasteiger partial charge in [-0.1, -0.05) is 0 Å². The van der Waals surface area contributed by atoms with Crippen molar-refractivity contribution in [3.63, 3.8) is 0 Å². The molecule has 5 N–H and O–H groups in total. The highest BCUT2D eigenvalue weighted by molar-refractivity contribution is 8.00. The van der Waals surface area contributed by atoms with E-state index in [0.29, 0.717) is 17.7 Å². The Kier molecular flexibility index (Phi) is 7.16. The van der Waals surface area contributed by atoms with Crippen LogP contribution in [0.2, 0.25) is 0 Å². The van der Waals surface area contributed by atoms with Crippen molar-refractivity contribution >= 4 is 42.2 Å². The maximum absolute atomic E-state index is 13.6. The van der Waals surface area contributed by atoms with Crippen LogP contribution in [0.3, 0.4) is 0 Å². The number of hydrogen-bond donors (Lipinski definition) is 3. The van der Waals surface area contributed by atoms with Gasteiger partial charge in [0.1, 0.15) is 29.9 Å². The summed E-state index contributed by atoms with van der Waals surface area (Å²) < 4.78 is 44.9. The van der Waals surface area contributed by atoms with Gasteiger partial charge in [0.25, 0.3) is 0 Å². The van der Waals surface area contributed by atoms with Crippen LogP contribution in [0, 0.1) is 5.82 Å². The van der Waals surface area contributed by atoms with Crippen LogP contribution in [-0.4, -0.2) is 64.2 Å². The molecular weight excluding hydrogens is 494 g/mol. The Hall–Kier alpha value is -2.62. The molecule has 184 valence electrons. The van der Waals surface area contributed by atoms with Gasteiger partial charge in [0, 0.05) is 5.75 Å². The highest BCUT2D eigenvalue weighted by atomic mass is 32.2. The van der Waals surface area contributed by atoms with E-state index in [1.54, 1.807) is 11.5 Å². The van der Waals surface area contributed by atoms with Gasteiger partial charge < -0.3 is 34.9 Å². The van der Waals surface area contributed by atoms with Gasteiger partial charge in [0.15, 0.2) is 23.1 Å². The van der Waals surface area contributed by atoms with Gasteiger partial charge in [0.2, 0.25) is 0 Å². The zero-order valence-electron chi connectivity index (χ0n) is 17.9. The molecule has 17 heteroatoms. The van der Waals surface area contributed by atoms with E-state index in [0.717, 1.165) is 10.8 Å². The highest BCUT2D eigenvalue weighted by Gasteiger charge is 2.31. The molecule has 0 aromatic carbocycles. The lowest BCUT2D eigenvalue weighted by atomic mass is 10.4. The standard InChI is InChI=1S/C17H22FN8O6PS/c1-9(2-25-7-23-13-15(20)21-6-22-16(13)25)30-8-33(28,29)31-4-12-32-11(5-34-12)26-3-10(18)14(19)24-17(26)27/h3,6-7,9,11-12H,2,4-5,8H2,1H3,(H,28,29)(H2,19,24,27)(H2,20,21,22)/t9-,11+,12-/m1/s1. The molecule has 0 aliphatic carbocycles. The summed E-state index contributed by atoms with van der Waals surface area (Å²) in [5.41, 5.74) is 10.6. The molecule has 34 heavy (non-hydrogen) atoms. The first-order valence-corrected chi connectivity index (χ1v) is 12.7. The van der Waals surface area contributed by atoms with Crippen molar-refractivity contribution in [2.24, 2.45) is 0 Å². The molecule has 3 aromatic heterocycles. The summed E-state index contributed by atoms with van der Waals surface area (Å²) in [6.07, 6.45) is 1.93. The predicted octanol–water partition coefficient (Wildman–Crippen LogP) is 0.539. The van der Waals surface area contributed by atoms with Gasteiger partial charge in [-0.3, -0.25) is 9.13 Å². The Bertz CT molecular complexity index is 1290. The number of hydrogen-bond acceptors (Lipinski definition) is 12. The number of halogens is 1. The fraction of sp³-hybridized carbons (Fsp3) is 0.471. The van der Waals surface area contributed by atoms with Gasteiger partial charge in [-0.25, -0.2) is 24.1 Å². The number of ether oxygens (including phenoxy) is 2. The van der Waals surface area contributed by atoms with Crippen molar-refractivity contribution in [1.82, 2.24) is 29.1 Å². The first-order chi connectivity index (χ1) is 16.1. The third-order valence-electron chi connectivity index (χ3n) is 4.80. The number of imidazole rings is 1. The Morgan fingerprint density at radius 3 is 2.97 bits per heavy atom. The molecule has 1 aliphatic rings. The van der Waals surface area contributed by atoms with Crippen molar-refractivity contribution in [1.29, 1.82) is 0 Å². The first-order valence-electron chi connectivity index (χ1n) is 9.93. The second-order valence-corrected chi connectivity index (χ2v) is 10.4. The molecule has 0 saturated carbocycles. The van der Waals surface area contributed by atoms with Gasteiger partial charge in [0.05, 0.1) is 31.8 Å². The van der Waals surface area contributed by atoms with Gasteiger partial charge >= 0.3 is 13.3 Å². The van der Waals surface area contributed by atoms with E-state index < -0.39 is 49.0 Å². The lowest BCUT2D eigenvalue weighted by molar-refractivity contribution is -0.00632. The van der Waals surface area contributed by atoms with E-state index in [1.165, 1.54) is 24.4 Å². The number of anilines is 2. The van der Waals surface area contributed by atoms with E-state index in [-0.39, 0.29) is 18.2 Å². The smallest absolute Gasteiger partial charge is 0.353 e. The summed E-state index contributed by atoms with van der Waals surface area (Å²) in [7, 11) is -4.10. The third kappa shape index (κ3) is 5.54. The fourth-order valence-electron chi connectivity index (χ4n) is 3.14. The van der Waals surface area contributed by atoms with Crippen LogP contribution in [0.15, 0.2) is 23.6 Å². The zero-order valence-corrected chi connectivity index (χ0v) is 19.6. The number of nitrogen functional groups attached to an aromatic ring is 2. The molecule has 4 atom stereocenters. The predicted molar refractivity (Wildman–Crippen MR) is 120 cm³/mol. The summed E-state index contributed by atoms with van der Waals surface area (Å²) in [6, 6.07) is 0. The number of thioether (sulfide) groups is 1. The topological polar surface area (TPSA) is 196 Å². The third-order valence-corrected chi connectivity index (χ3v) is 6.92. The SMILES string of the molecule is C[C@H](Cn1cnc2c(N)ncnc21)OCP(=O)(O)OC[C@@H]1O[C@H](n2cc(F)c(N)nc2=O)CS1. The van der Waals surface area contributed by atoms with E-state index in [2.05, 4.69) is 19.9 Å². The molecule has 4 rings (SSSR count). The number of aromatic nitrogens is 6. The fourth-order valence-corrected chi connectivity index (χ4v) is 5.11. The number of rotatable bonds is 9. The van der Waals surface area contributed by atoms with Crippen LogP contribution < -0.4 is 17.2 Å². The van der Waals surface area contributed by atoms with Crippen LogP contribution in [0.5, 0.6) is 0 Å². The minimum absolute atomic E-state index is 0.241. The maximum atomic E-state index is 13.6. The lowest BCUT2D eigenvalue weighted by Crippen LogP contribution is -2.30. The normalized spacial score (nSPS) is 21.0. The Balaban J connectivity index is 1.26. The summed E-state index contributed by atoms with van der Waals surface area (Å²) in [6.45, 7) is 1.78. The average molecular weight is 516 g/mol. The lowest BCUT2D eigenvalue weighted by Gasteiger charge is -2.19. The van der Waals surface area contributed by atoms with Crippen molar-refractivity contribution in [2.75, 3.05) is 30.2 Å². The molecule has 1 saturated heterocycles. The van der Waals surface area contributed by atoms with Crippen molar-refractivity contribution < 1.29 is 27.8 Å². The largest absolute Gasteiger partial charge is 0.382 e. The molecule has 14 nitrogen and oxygen atoms in total. The number of nitrogens with zero attached hydrogens (tertiary/aromatic N) is 6. The van der Waals surface area contributed by atoms with E-state index >= 15 is 0 Å². The van der Waals surface area contributed by atoms with Gasteiger partial charge in [-0.05, 0) is 6.92 Å². The second-order valence-electron chi connectivity index (χ2n) is 7.39. The van der Waals surface area contributed by atoms with Crippen LogP contribution in [0.4, 0.5) is 16.0 Å². The first kappa shape index (κ1) is 24.5. The Morgan fingerprint density at radius 1 is 1.38 bits per heavy atom. The van der Waals surface area contributed by atoms with E-state index in [1.807, 2.05) is 0 Å². The summed E-state index contributed by atoms with van der Waals surface area (Å²) in [5, 5.41) is 0. The Morgan fingerprint density at radius 2 is 2.18 bits per heavy atom. The highest BCUT2D eigenvalue weighted by Crippen LogP contribution is 2.44. The molecule has 0 amide bonds. The molecule has 1 aliphatic heterocycles. The molecule has 1 unspecified atom stereocenters. The summed E-state index contributed by atoms with van der Waals surface area (Å²) in [4.78, 5) is 37.6. The van der Waals surface area contributed by atoms with Crippen LogP contribution in [-0.2, 0) is 25.1 Å². The second kappa shape index (κ2) is 9.93. The molecular formula is C17H22FN8O6PS. The molecule has 1 fully saturated rings. The van der Waals surface area contributed by atoms with E-state index in [4.69, 9.17) is 25.5 Å². The monoisotopic (exact) mass is 516 g/mol. The number of nitrogens with two attached hydrogens (primary N) is 2. The molecule has 4 heterocycles. The number of fused-ring (bicyclic) bond motifs is 1. The van der Waals surface area contributed by atoms with Crippen LogP contribution in [0.25, 0.3) is 11.2 Å². The summed E-state index contributed by atoms with van der Waals surface area (Å²) >= 11 is 1.24. The van der Waals surface area contributed by atoms with Crippen molar-refractivity contribution in [2.45, 2.75) is 31.2 Å². The molecule has 3 aromatic rings. The minimum atomic E-state index is -4.10. The molecule has 0 spiro atoms. The minimum Gasteiger partial charge on any atom is -0.382 e. The van der Waals surface area contributed by atoms with Gasteiger partial charge in [-0.2, -0.15) is 4.98 Å². The molecule has 0 radical (unpaired) electrons. The summed E-state index contributed by atoms with van der Waals surface area (Å²) in [5.74, 6) is -0.809. The zero-order chi connectivity index (χ0) is 24.5.